The van der Waals surface area contributed by atoms with Crippen molar-refractivity contribution in [3.05, 3.63) is 76.6 Å². The molecule has 6 nitrogen and oxygen atoms in total. The Morgan fingerprint density at radius 1 is 1.10 bits per heavy atom. The molecule has 0 spiro atoms. The molecule has 144 valence electrons. The third-order valence-corrected chi connectivity index (χ3v) is 4.84. The molecular weight excluding hydrogens is 366 g/mol. The van der Waals surface area contributed by atoms with Crippen LogP contribution in [-0.4, -0.2) is 15.6 Å². The number of rotatable bonds is 6. The Morgan fingerprint density at radius 2 is 1.79 bits per heavy atom. The zero-order valence-corrected chi connectivity index (χ0v) is 16.1. The van der Waals surface area contributed by atoms with Gasteiger partial charge >= 0.3 is 5.97 Å². The maximum Gasteiger partial charge on any atom is 0.353 e. The Balaban J connectivity index is 1.92. The Bertz CT molecular complexity index is 1150. The minimum Gasteiger partial charge on any atom is -0.489 e. The lowest BCUT2D eigenvalue weighted by Gasteiger charge is -2.09. The van der Waals surface area contributed by atoms with E-state index in [1.807, 2.05) is 19.1 Å². The highest BCUT2D eigenvalue weighted by molar-refractivity contribution is 5.97. The van der Waals surface area contributed by atoms with Crippen LogP contribution < -0.4 is 4.74 Å². The van der Waals surface area contributed by atoms with Crippen molar-refractivity contribution in [1.29, 1.82) is 10.5 Å². The largest absolute Gasteiger partial charge is 0.489 e. The molecule has 0 aliphatic carbocycles. The highest BCUT2D eigenvalue weighted by Crippen LogP contribution is 2.33. The van der Waals surface area contributed by atoms with E-state index in [9.17, 15) is 15.2 Å². The van der Waals surface area contributed by atoms with E-state index in [0.717, 1.165) is 5.56 Å². The van der Waals surface area contributed by atoms with Gasteiger partial charge in [-0.15, -0.1) is 0 Å². The molecule has 1 heterocycles. The van der Waals surface area contributed by atoms with E-state index in [1.54, 1.807) is 48.0 Å². The fourth-order valence-corrected chi connectivity index (χ4v) is 3.43. The fraction of sp³-hybridized carbons (Fsp3) is 0.174. The summed E-state index contributed by atoms with van der Waals surface area (Å²) in [6.45, 7) is 2.14. The average molecular weight is 385 g/mol. The van der Waals surface area contributed by atoms with Crippen molar-refractivity contribution in [2.24, 2.45) is 7.05 Å². The van der Waals surface area contributed by atoms with Crippen molar-refractivity contribution >= 4 is 5.97 Å². The zero-order chi connectivity index (χ0) is 21.0. The molecule has 0 radical (unpaired) electrons. The van der Waals surface area contributed by atoms with Crippen molar-refractivity contribution in [2.45, 2.75) is 20.0 Å². The summed E-state index contributed by atoms with van der Waals surface area (Å²) < 4.78 is 7.34. The van der Waals surface area contributed by atoms with Crippen LogP contribution in [0.3, 0.4) is 0 Å². The minimum atomic E-state index is -1.08. The lowest BCUT2D eigenvalue weighted by Crippen LogP contribution is -2.07. The van der Waals surface area contributed by atoms with Gasteiger partial charge in [-0.2, -0.15) is 10.5 Å². The number of aromatic carboxylic acids is 1. The number of ether oxygens (including phenoxy) is 1. The van der Waals surface area contributed by atoms with Gasteiger partial charge in [-0.3, -0.25) is 0 Å². The number of aromatic nitrogens is 1. The van der Waals surface area contributed by atoms with Gasteiger partial charge in [0.25, 0.3) is 0 Å². The SMILES string of the molecule is CCc1c(C#N)c(-c2ccc(OCc3ccccc3C#N)cc2)c(C(=O)O)n1C. The van der Waals surface area contributed by atoms with Gasteiger partial charge < -0.3 is 14.4 Å². The number of nitriles is 2. The Morgan fingerprint density at radius 3 is 2.38 bits per heavy atom. The maximum absolute atomic E-state index is 11.8. The number of carboxylic acid groups (broad SMARTS) is 1. The van der Waals surface area contributed by atoms with Crippen LogP contribution in [0, 0.1) is 22.7 Å². The highest BCUT2D eigenvalue weighted by atomic mass is 16.5. The molecule has 29 heavy (non-hydrogen) atoms. The van der Waals surface area contributed by atoms with E-state index in [4.69, 9.17) is 10.00 Å². The van der Waals surface area contributed by atoms with Crippen molar-refractivity contribution < 1.29 is 14.6 Å². The molecule has 6 heteroatoms. The van der Waals surface area contributed by atoms with E-state index >= 15 is 0 Å². The summed E-state index contributed by atoms with van der Waals surface area (Å²) in [7, 11) is 1.66. The first-order chi connectivity index (χ1) is 14.0. The Labute approximate surface area is 168 Å². The molecule has 0 saturated heterocycles. The van der Waals surface area contributed by atoms with Gasteiger partial charge in [-0.1, -0.05) is 37.3 Å². The lowest BCUT2D eigenvalue weighted by molar-refractivity contribution is 0.0687. The Hall–Kier alpha value is -4.03. The number of nitrogens with zero attached hydrogens (tertiary/aromatic N) is 3. The van der Waals surface area contributed by atoms with Crippen LogP contribution in [0.2, 0.25) is 0 Å². The molecule has 2 aromatic carbocycles. The van der Waals surface area contributed by atoms with Crippen LogP contribution in [0.5, 0.6) is 5.75 Å². The van der Waals surface area contributed by atoms with Crippen molar-refractivity contribution in [1.82, 2.24) is 4.57 Å². The first-order valence-corrected chi connectivity index (χ1v) is 9.08. The van der Waals surface area contributed by atoms with Crippen molar-refractivity contribution in [3.63, 3.8) is 0 Å². The van der Waals surface area contributed by atoms with Crippen LogP contribution in [-0.2, 0) is 20.1 Å². The van der Waals surface area contributed by atoms with Gasteiger partial charge in [0.15, 0.2) is 0 Å². The van der Waals surface area contributed by atoms with Crippen molar-refractivity contribution in [2.75, 3.05) is 0 Å². The van der Waals surface area contributed by atoms with Gasteiger partial charge in [0.05, 0.1) is 17.2 Å². The molecule has 0 fully saturated rings. The maximum atomic E-state index is 11.8. The highest BCUT2D eigenvalue weighted by Gasteiger charge is 2.25. The molecule has 0 aliphatic rings. The summed E-state index contributed by atoms with van der Waals surface area (Å²) in [6, 6.07) is 18.5. The summed E-state index contributed by atoms with van der Waals surface area (Å²) >= 11 is 0. The van der Waals surface area contributed by atoms with Gasteiger partial charge in [-0.05, 0) is 30.2 Å². The molecule has 3 aromatic rings. The fourth-order valence-electron chi connectivity index (χ4n) is 3.43. The monoisotopic (exact) mass is 385 g/mol. The summed E-state index contributed by atoms with van der Waals surface area (Å²) in [5.41, 5.74) is 3.56. The van der Waals surface area contributed by atoms with E-state index in [2.05, 4.69) is 12.1 Å². The molecule has 0 amide bonds. The standard InChI is InChI=1S/C23H19N3O3/c1-3-20-19(13-25)21(22(23(27)28)26(20)2)15-8-10-18(11-9-15)29-14-17-7-5-4-6-16(17)12-24/h4-11H,3,14H2,1-2H3,(H,27,28). The van der Waals surface area contributed by atoms with Crippen LogP contribution >= 0.6 is 0 Å². The van der Waals surface area contributed by atoms with E-state index in [1.165, 1.54) is 0 Å². The van der Waals surface area contributed by atoms with Gasteiger partial charge in [-0.25, -0.2) is 4.79 Å². The molecule has 0 atom stereocenters. The first-order valence-electron chi connectivity index (χ1n) is 9.08. The lowest BCUT2D eigenvalue weighted by atomic mass is 10.00. The summed E-state index contributed by atoms with van der Waals surface area (Å²) in [6.07, 6.45) is 0.555. The first kappa shape index (κ1) is 19.7. The number of hydrogen-bond acceptors (Lipinski definition) is 4. The third-order valence-electron chi connectivity index (χ3n) is 4.84. The van der Waals surface area contributed by atoms with E-state index in [0.29, 0.717) is 40.1 Å². The topological polar surface area (TPSA) is 99.0 Å². The molecule has 1 aromatic heterocycles. The molecule has 0 saturated carbocycles. The predicted octanol–water partition coefficient (Wildman–Crippen LogP) is 4.28. The quantitative estimate of drug-likeness (QED) is 0.683. The summed E-state index contributed by atoms with van der Waals surface area (Å²) in [5.74, 6) is -0.490. The van der Waals surface area contributed by atoms with Crippen LogP contribution in [0.1, 0.15) is 39.8 Å². The molecule has 0 unspecified atom stereocenters. The molecule has 0 bridgehead atoms. The number of carboxylic acids is 1. The predicted molar refractivity (Wildman–Crippen MR) is 107 cm³/mol. The molecule has 1 N–H and O–H groups in total. The molecular formula is C23H19N3O3. The normalized spacial score (nSPS) is 10.2. The second-order valence-corrected chi connectivity index (χ2v) is 6.46. The van der Waals surface area contributed by atoms with Crippen LogP contribution in [0.25, 0.3) is 11.1 Å². The number of carbonyl (C=O) groups is 1. The van der Waals surface area contributed by atoms with E-state index in [-0.39, 0.29) is 12.3 Å². The summed E-state index contributed by atoms with van der Waals surface area (Å²) in [4.78, 5) is 11.8. The number of benzene rings is 2. The number of hydrogen-bond donors (Lipinski definition) is 1. The second-order valence-electron chi connectivity index (χ2n) is 6.46. The van der Waals surface area contributed by atoms with Gasteiger partial charge in [0.1, 0.15) is 24.1 Å². The van der Waals surface area contributed by atoms with E-state index < -0.39 is 5.97 Å². The minimum absolute atomic E-state index is 0.0926. The van der Waals surface area contributed by atoms with Crippen LogP contribution in [0.15, 0.2) is 48.5 Å². The van der Waals surface area contributed by atoms with Gasteiger partial charge in [0, 0.05) is 23.9 Å². The Kier molecular flexibility index (Phi) is 5.66. The summed E-state index contributed by atoms with van der Waals surface area (Å²) in [5, 5.41) is 28.4. The molecule has 3 rings (SSSR count). The molecule has 0 aliphatic heterocycles. The van der Waals surface area contributed by atoms with Gasteiger partial charge in [0.2, 0.25) is 0 Å². The zero-order valence-electron chi connectivity index (χ0n) is 16.1. The van der Waals surface area contributed by atoms with Crippen molar-refractivity contribution in [3.8, 4) is 29.0 Å². The third kappa shape index (κ3) is 3.69. The van der Waals surface area contributed by atoms with Crippen LogP contribution in [0.4, 0.5) is 0 Å². The average Bonchev–Trinajstić information content (AvgIpc) is 3.04. The smallest absolute Gasteiger partial charge is 0.353 e. The second kappa shape index (κ2) is 8.33.